The first-order chi connectivity index (χ1) is 1.00. The van der Waals surface area contributed by atoms with Gasteiger partial charge in [0.25, 0.3) is 0 Å². The molecule has 0 aliphatic heterocycles. The predicted molar refractivity (Wildman–Crippen MR) is 1.80 cm³/mol. The van der Waals surface area contributed by atoms with Crippen molar-refractivity contribution in [2.24, 2.45) is 0 Å². The molecule has 4 heavy (non-hydrogen) atoms. The van der Waals surface area contributed by atoms with Gasteiger partial charge in [-0.2, -0.15) is 0 Å². The third-order valence-electron chi connectivity index (χ3n) is 0. The zero-order chi connectivity index (χ0) is 2.00. The van der Waals surface area contributed by atoms with Crippen molar-refractivity contribution in [3.63, 3.8) is 0 Å². The zero-order valence-electron chi connectivity index (χ0n) is 3.26. The van der Waals surface area contributed by atoms with E-state index in [1.54, 1.807) is 0 Å². The maximum Gasteiger partial charge on any atom is 0 e. The predicted octanol–water partition coefficient (Wildman–Crippen LogP) is -3.01. The average Bonchev–Trinajstić information content (AvgIpc) is 1.00. The summed E-state index contributed by atoms with van der Waals surface area (Å²) in [5.74, 6) is 0. The molecule has 0 saturated heterocycles. The summed E-state index contributed by atoms with van der Waals surface area (Å²) in [6.45, 7) is 0. The van der Waals surface area contributed by atoms with Crippen molar-refractivity contribution in [3.8, 4) is 0 Å². The van der Waals surface area contributed by atoms with Gasteiger partial charge in [-0.25, -0.2) is 0 Å². The van der Waals surface area contributed by atoms with Crippen LogP contribution in [0, 0.1) is 0 Å². The average molecular weight is 143 g/mol. The molecule has 0 N–H and O–H groups in total. The van der Waals surface area contributed by atoms with Gasteiger partial charge in [0.15, 0.2) is 0 Å². The van der Waals surface area contributed by atoms with Gasteiger partial charge in [0.2, 0.25) is 0 Å². The first kappa shape index (κ1) is 16.8. The molecule has 1 radical (unpaired) electrons. The minimum absolute atomic E-state index is 0. The summed E-state index contributed by atoms with van der Waals surface area (Å²) in [6, 6.07) is 0. The molecule has 0 saturated carbocycles. The van der Waals surface area contributed by atoms with E-state index in [0.29, 0.717) is 0 Å². The SMILES string of the molecule is [H-].[Na+].[O]=[Cr].[V]. The number of rotatable bonds is 0. The molecular weight excluding hydrogens is 142 g/mol. The number of hydrogen-bond acceptors (Lipinski definition) is 1. The first-order valence-corrected chi connectivity index (χ1v) is 0.687. The fourth-order valence-electron chi connectivity index (χ4n) is 0. The van der Waals surface area contributed by atoms with Gasteiger partial charge in [0.1, 0.15) is 0 Å². The Morgan fingerprint density at radius 1 is 1.50 bits per heavy atom. The van der Waals surface area contributed by atoms with Crippen molar-refractivity contribution >= 4 is 0 Å². The van der Waals surface area contributed by atoms with E-state index < -0.39 is 0 Å². The van der Waals surface area contributed by atoms with Crippen LogP contribution in [0.2, 0.25) is 0 Å². The molecule has 1 nitrogen and oxygen atoms in total. The third-order valence-corrected chi connectivity index (χ3v) is 0. The molecule has 0 heterocycles. The monoisotopic (exact) mass is 143 g/mol. The molecule has 19 valence electrons. The Morgan fingerprint density at radius 3 is 1.50 bits per heavy atom. The van der Waals surface area contributed by atoms with Crippen molar-refractivity contribution < 1.29 is 69.6 Å². The summed E-state index contributed by atoms with van der Waals surface area (Å²) >= 11 is 1.38. The second-order valence-corrected chi connectivity index (χ2v) is 0. The maximum absolute atomic E-state index is 8.12. The second kappa shape index (κ2) is 20.5. The van der Waals surface area contributed by atoms with E-state index in [2.05, 4.69) is 0 Å². The zero-order valence-corrected chi connectivity index (χ0v) is 6.94. The fourth-order valence-corrected chi connectivity index (χ4v) is 0. The molecule has 0 aliphatic rings. The Bertz CT molecular complexity index is 11.6. The van der Waals surface area contributed by atoms with Gasteiger partial charge in [-0.1, -0.05) is 0 Å². The third kappa shape index (κ3) is 9.07. The van der Waals surface area contributed by atoms with Gasteiger partial charge >= 0.3 is 49.6 Å². The van der Waals surface area contributed by atoms with E-state index >= 15 is 0 Å². The van der Waals surface area contributed by atoms with Crippen LogP contribution < -0.4 is 29.6 Å². The largest absolute Gasteiger partial charge is 0 e. The summed E-state index contributed by atoms with van der Waals surface area (Å²) < 4.78 is 8.12. The molecular formula is HCrNaOV. The van der Waals surface area contributed by atoms with E-state index in [1.807, 2.05) is 0 Å². The fraction of sp³-hybridized carbons (Fsp3) is 0. The van der Waals surface area contributed by atoms with Gasteiger partial charge in [-0.15, -0.1) is 0 Å². The first-order valence-electron chi connectivity index (χ1n) is 0.167. The van der Waals surface area contributed by atoms with Gasteiger partial charge in [0, 0.05) is 18.6 Å². The normalized spacial score (nSPS) is 1.00. The standard InChI is InChI=1S/Cr.Na.O.V.H/q;+1;;;-1. The molecule has 0 aliphatic carbocycles. The van der Waals surface area contributed by atoms with Crippen LogP contribution in [0.1, 0.15) is 1.43 Å². The van der Waals surface area contributed by atoms with Gasteiger partial charge in [-0.05, 0) is 0 Å². The van der Waals surface area contributed by atoms with Crippen LogP contribution in [0.15, 0.2) is 0 Å². The molecule has 0 amide bonds. The Labute approximate surface area is 68.8 Å². The molecule has 0 aromatic heterocycles. The molecule has 0 rings (SSSR count). The summed E-state index contributed by atoms with van der Waals surface area (Å²) in [5, 5.41) is 0. The Balaban J connectivity index is -0.00000000167. The second-order valence-electron chi connectivity index (χ2n) is 0. The molecule has 0 unspecified atom stereocenters. The Morgan fingerprint density at radius 2 is 1.50 bits per heavy atom. The molecule has 0 spiro atoms. The van der Waals surface area contributed by atoms with Crippen LogP contribution in [0.25, 0.3) is 0 Å². The molecule has 4 heteroatoms. The molecule has 0 aromatic rings. The minimum atomic E-state index is 0. The van der Waals surface area contributed by atoms with E-state index in [9.17, 15) is 0 Å². The van der Waals surface area contributed by atoms with Crippen LogP contribution in [-0.2, 0) is 38.6 Å². The van der Waals surface area contributed by atoms with Crippen LogP contribution >= 0.6 is 0 Å². The van der Waals surface area contributed by atoms with Crippen molar-refractivity contribution in [1.82, 2.24) is 0 Å². The van der Waals surface area contributed by atoms with Crippen LogP contribution in [-0.4, -0.2) is 0 Å². The molecule has 0 atom stereocenters. The summed E-state index contributed by atoms with van der Waals surface area (Å²) in [7, 11) is 0. The molecule has 0 fully saturated rings. The molecule has 0 bridgehead atoms. The van der Waals surface area contributed by atoms with E-state index in [4.69, 9.17) is 3.80 Å². The summed E-state index contributed by atoms with van der Waals surface area (Å²) in [4.78, 5) is 0. The minimum Gasteiger partial charge on any atom is 0 e. The van der Waals surface area contributed by atoms with Crippen LogP contribution in [0.5, 0.6) is 0 Å². The van der Waals surface area contributed by atoms with Gasteiger partial charge < -0.3 is 1.43 Å². The van der Waals surface area contributed by atoms with Crippen molar-refractivity contribution in [2.45, 2.75) is 0 Å². The van der Waals surface area contributed by atoms with E-state index in [1.165, 1.54) is 16.2 Å². The smallest absolute Gasteiger partial charge is 0 e. The summed E-state index contributed by atoms with van der Waals surface area (Å²) in [6.07, 6.45) is 0. The van der Waals surface area contributed by atoms with Crippen molar-refractivity contribution in [2.75, 3.05) is 0 Å². The van der Waals surface area contributed by atoms with Crippen molar-refractivity contribution in [1.29, 1.82) is 0 Å². The maximum atomic E-state index is 8.12. The number of hydrogen-bond donors (Lipinski definition) is 0. The van der Waals surface area contributed by atoms with Crippen molar-refractivity contribution in [3.05, 3.63) is 0 Å². The van der Waals surface area contributed by atoms with E-state index in [-0.39, 0.29) is 49.5 Å². The van der Waals surface area contributed by atoms with Gasteiger partial charge in [-0.3, -0.25) is 0 Å². The van der Waals surface area contributed by atoms with Crippen LogP contribution in [0.4, 0.5) is 0 Å². The van der Waals surface area contributed by atoms with E-state index in [0.717, 1.165) is 0 Å². The van der Waals surface area contributed by atoms with Crippen LogP contribution in [0.3, 0.4) is 0 Å². The Kier molecular flexibility index (Phi) is 86.3. The molecule has 0 aromatic carbocycles. The summed E-state index contributed by atoms with van der Waals surface area (Å²) in [5.41, 5.74) is 0. The topological polar surface area (TPSA) is 17.1 Å². The van der Waals surface area contributed by atoms with Gasteiger partial charge in [0.05, 0.1) is 0 Å². The Hall–Kier alpha value is 1.92. The quantitative estimate of drug-likeness (QED) is 0.330.